The molecular weight excluding hydrogens is 290 g/mol. The van der Waals surface area contributed by atoms with E-state index in [1.165, 1.54) is 5.56 Å². The molecule has 0 aliphatic heterocycles. The number of hydrogen-bond acceptors (Lipinski definition) is 5. The fourth-order valence-corrected chi connectivity index (χ4v) is 2.60. The van der Waals surface area contributed by atoms with E-state index >= 15 is 0 Å². The maximum Gasteiger partial charge on any atom is 0.226 e. The Morgan fingerprint density at radius 1 is 1.22 bits per heavy atom. The van der Waals surface area contributed by atoms with E-state index in [0.717, 1.165) is 30.6 Å². The van der Waals surface area contributed by atoms with Gasteiger partial charge in [0, 0.05) is 11.5 Å². The molecule has 1 saturated carbocycles. The Bertz CT molecular complexity index is 881. The summed E-state index contributed by atoms with van der Waals surface area (Å²) < 4.78 is 6.02. The number of rotatable bonds is 4. The lowest BCUT2D eigenvalue weighted by Gasteiger charge is -1.98. The van der Waals surface area contributed by atoms with E-state index in [9.17, 15) is 0 Å². The summed E-state index contributed by atoms with van der Waals surface area (Å²) >= 11 is 0. The summed E-state index contributed by atoms with van der Waals surface area (Å²) in [5.74, 6) is 1.74. The van der Waals surface area contributed by atoms with Crippen molar-refractivity contribution < 1.29 is 4.42 Å². The minimum atomic E-state index is 0.244. The van der Waals surface area contributed by atoms with Gasteiger partial charge in [-0.15, -0.1) is 5.10 Å². The lowest BCUT2D eigenvalue weighted by Crippen LogP contribution is -1.88. The van der Waals surface area contributed by atoms with Crippen LogP contribution in [0.1, 0.15) is 42.7 Å². The third kappa shape index (κ3) is 2.40. The van der Waals surface area contributed by atoms with Gasteiger partial charge < -0.3 is 4.42 Å². The predicted molar refractivity (Wildman–Crippen MR) is 83.4 cm³/mol. The van der Waals surface area contributed by atoms with Crippen LogP contribution in [0, 0.1) is 11.3 Å². The highest BCUT2D eigenvalue weighted by molar-refractivity contribution is 5.67. The lowest BCUT2D eigenvalue weighted by atomic mass is 10.1. The zero-order valence-corrected chi connectivity index (χ0v) is 12.7. The molecule has 6 heteroatoms. The maximum atomic E-state index is 9.16. The number of nitriles is 1. The van der Waals surface area contributed by atoms with Crippen LogP contribution in [0.4, 0.5) is 0 Å². The summed E-state index contributed by atoms with van der Waals surface area (Å²) in [6.45, 7) is 2.12. The van der Waals surface area contributed by atoms with Crippen LogP contribution in [0.15, 0.2) is 28.7 Å². The molecule has 0 radical (unpaired) electrons. The van der Waals surface area contributed by atoms with Crippen LogP contribution in [0.3, 0.4) is 0 Å². The Morgan fingerprint density at radius 3 is 2.65 bits per heavy atom. The van der Waals surface area contributed by atoms with Gasteiger partial charge >= 0.3 is 0 Å². The van der Waals surface area contributed by atoms with E-state index in [1.54, 1.807) is 0 Å². The van der Waals surface area contributed by atoms with Crippen molar-refractivity contribution in [2.75, 3.05) is 0 Å². The molecule has 4 rings (SSSR count). The zero-order chi connectivity index (χ0) is 15.8. The molecule has 1 aliphatic carbocycles. The number of H-pyrrole nitrogens is 1. The summed E-state index contributed by atoms with van der Waals surface area (Å²) in [6.07, 6.45) is 3.15. The average molecular weight is 305 g/mol. The van der Waals surface area contributed by atoms with Crippen molar-refractivity contribution in [2.45, 2.75) is 32.1 Å². The van der Waals surface area contributed by atoms with Gasteiger partial charge in [0.2, 0.25) is 5.89 Å². The molecule has 0 bridgehead atoms. The Morgan fingerprint density at radius 2 is 2.00 bits per heavy atom. The molecular formula is C17H15N5O. The molecule has 1 fully saturated rings. The number of nitrogens with one attached hydrogen (secondary N) is 1. The van der Waals surface area contributed by atoms with Gasteiger partial charge in [-0.1, -0.05) is 19.1 Å². The number of benzene rings is 1. The van der Waals surface area contributed by atoms with Crippen LogP contribution >= 0.6 is 0 Å². The predicted octanol–water partition coefficient (Wildman–Crippen LogP) is 3.44. The molecule has 114 valence electrons. The Hall–Kier alpha value is -2.94. The SMILES string of the molecule is CCc1ccc(-c2nc(-c3n[nH]nc3C#N)c(C3CC3)o2)cc1. The quantitative estimate of drug-likeness (QED) is 0.797. The molecule has 0 spiro atoms. The second-order valence-corrected chi connectivity index (χ2v) is 5.69. The fraction of sp³-hybridized carbons (Fsp3) is 0.294. The van der Waals surface area contributed by atoms with Crippen molar-refractivity contribution in [3.05, 3.63) is 41.3 Å². The van der Waals surface area contributed by atoms with E-state index in [2.05, 4.69) is 39.5 Å². The van der Waals surface area contributed by atoms with Crippen LogP contribution in [-0.4, -0.2) is 20.4 Å². The van der Waals surface area contributed by atoms with Crippen molar-refractivity contribution in [3.63, 3.8) is 0 Å². The smallest absolute Gasteiger partial charge is 0.226 e. The molecule has 23 heavy (non-hydrogen) atoms. The molecule has 0 atom stereocenters. The highest BCUT2D eigenvalue weighted by Gasteiger charge is 2.34. The van der Waals surface area contributed by atoms with Crippen molar-refractivity contribution in [3.8, 4) is 28.9 Å². The summed E-state index contributed by atoms with van der Waals surface area (Å²) in [5.41, 5.74) is 3.54. The number of hydrogen-bond donors (Lipinski definition) is 1. The van der Waals surface area contributed by atoms with Crippen LogP contribution in [-0.2, 0) is 6.42 Å². The number of oxazole rings is 1. The standard InChI is InChI=1S/C17H15N5O/c1-2-10-3-5-12(6-4-10)17-19-15(16(23-17)11-7-8-11)14-13(9-18)20-22-21-14/h3-6,11H,2,7-8H2,1H3,(H,20,21,22). The third-order valence-electron chi connectivity index (χ3n) is 4.09. The van der Waals surface area contributed by atoms with Gasteiger partial charge in [-0.3, -0.25) is 0 Å². The number of aromatic amines is 1. The highest BCUT2D eigenvalue weighted by atomic mass is 16.4. The molecule has 1 aliphatic rings. The Labute approximate surface area is 133 Å². The van der Waals surface area contributed by atoms with Gasteiger partial charge in [-0.2, -0.15) is 15.6 Å². The number of aromatic nitrogens is 4. The molecule has 0 saturated heterocycles. The van der Waals surface area contributed by atoms with Gasteiger partial charge in [0.05, 0.1) is 0 Å². The van der Waals surface area contributed by atoms with E-state index in [-0.39, 0.29) is 5.69 Å². The molecule has 2 aromatic heterocycles. The lowest BCUT2D eigenvalue weighted by molar-refractivity contribution is 0.521. The Balaban J connectivity index is 1.80. The molecule has 2 heterocycles. The molecule has 0 amide bonds. The third-order valence-corrected chi connectivity index (χ3v) is 4.09. The summed E-state index contributed by atoms with van der Waals surface area (Å²) in [6, 6.07) is 10.2. The topological polar surface area (TPSA) is 91.4 Å². The first-order valence-corrected chi connectivity index (χ1v) is 7.71. The largest absolute Gasteiger partial charge is 0.440 e. The van der Waals surface area contributed by atoms with E-state index in [4.69, 9.17) is 9.68 Å². The fourth-order valence-electron chi connectivity index (χ4n) is 2.60. The average Bonchev–Trinajstić information content (AvgIpc) is 3.17. The summed E-state index contributed by atoms with van der Waals surface area (Å²) in [4.78, 5) is 4.61. The summed E-state index contributed by atoms with van der Waals surface area (Å²) in [7, 11) is 0. The van der Waals surface area contributed by atoms with Crippen LogP contribution in [0.5, 0.6) is 0 Å². The van der Waals surface area contributed by atoms with E-state index < -0.39 is 0 Å². The van der Waals surface area contributed by atoms with Gasteiger partial charge in [-0.05, 0) is 37.0 Å². The first kappa shape index (κ1) is 13.7. The maximum absolute atomic E-state index is 9.16. The molecule has 1 N–H and O–H groups in total. The van der Waals surface area contributed by atoms with Crippen LogP contribution in [0.25, 0.3) is 22.8 Å². The molecule has 3 aromatic rings. The minimum Gasteiger partial charge on any atom is -0.440 e. The first-order valence-electron chi connectivity index (χ1n) is 7.71. The number of nitrogens with zero attached hydrogens (tertiary/aromatic N) is 4. The first-order chi connectivity index (χ1) is 11.3. The minimum absolute atomic E-state index is 0.244. The second kappa shape index (κ2) is 5.36. The van der Waals surface area contributed by atoms with Gasteiger partial charge in [-0.25, -0.2) is 4.98 Å². The molecule has 0 unspecified atom stereocenters. The molecule has 6 nitrogen and oxygen atoms in total. The summed E-state index contributed by atoms with van der Waals surface area (Å²) in [5, 5.41) is 19.6. The van der Waals surface area contributed by atoms with Gasteiger partial charge in [0.25, 0.3) is 0 Å². The zero-order valence-electron chi connectivity index (χ0n) is 12.7. The molecule has 1 aromatic carbocycles. The monoisotopic (exact) mass is 305 g/mol. The van der Waals surface area contributed by atoms with E-state index in [0.29, 0.717) is 23.2 Å². The van der Waals surface area contributed by atoms with Crippen molar-refractivity contribution in [1.82, 2.24) is 20.4 Å². The van der Waals surface area contributed by atoms with Crippen LogP contribution in [0.2, 0.25) is 0 Å². The van der Waals surface area contributed by atoms with Crippen molar-refractivity contribution in [2.24, 2.45) is 0 Å². The van der Waals surface area contributed by atoms with Crippen molar-refractivity contribution >= 4 is 0 Å². The Kier molecular flexibility index (Phi) is 3.19. The van der Waals surface area contributed by atoms with Gasteiger partial charge in [0.15, 0.2) is 11.4 Å². The normalized spacial score (nSPS) is 13.9. The highest BCUT2D eigenvalue weighted by Crippen LogP contribution is 2.45. The second-order valence-electron chi connectivity index (χ2n) is 5.69. The van der Waals surface area contributed by atoms with E-state index in [1.807, 2.05) is 18.2 Å². The van der Waals surface area contributed by atoms with Gasteiger partial charge in [0.1, 0.15) is 17.5 Å². The number of aryl methyl sites for hydroxylation is 1. The van der Waals surface area contributed by atoms with Crippen molar-refractivity contribution in [1.29, 1.82) is 5.26 Å². The van der Waals surface area contributed by atoms with Crippen LogP contribution < -0.4 is 0 Å².